The quantitative estimate of drug-likeness (QED) is 0.802. The van der Waals surface area contributed by atoms with Crippen LogP contribution in [0.2, 0.25) is 0 Å². The van der Waals surface area contributed by atoms with Crippen molar-refractivity contribution in [3.05, 3.63) is 0 Å². The Morgan fingerprint density at radius 1 is 1.42 bits per heavy atom. The molecule has 1 aliphatic carbocycles. The fourth-order valence-corrected chi connectivity index (χ4v) is 2.75. The molecule has 2 rings (SSSR count). The van der Waals surface area contributed by atoms with Gasteiger partial charge in [0.15, 0.2) is 0 Å². The van der Waals surface area contributed by atoms with Crippen molar-refractivity contribution in [2.24, 2.45) is 5.10 Å². The predicted octanol–water partition coefficient (Wildman–Crippen LogP) is 0.358. The molecule has 6 heteroatoms. The number of hydrogen-bond acceptors (Lipinski definition) is 4. The minimum Gasteiger partial charge on any atom is -0.388 e. The van der Waals surface area contributed by atoms with Crippen molar-refractivity contribution in [3.63, 3.8) is 0 Å². The van der Waals surface area contributed by atoms with Crippen molar-refractivity contribution in [2.45, 2.75) is 44.1 Å². The van der Waals surface area contributed by atoms with Crippen LogP contribution in [0, 0.1) is 0 Å². The van der Waals surface area contributed by atoms with Crippen LogP contribution in [0.4, 0.5) is 0 Å². The van der Waals surface area contributed by atoms with Crippen LogP contribution < -0.4 is 0 Å². The monoisotopic (exact) mass is 267 g/mol. The summed E-state index contributed by atoms with van der Waals surface area (Å²) >= 11 is 0. The molecule has 0 atom stereocenters. The number of carbonyl (C=O) groups excluding carboxylic acids is 2. The lowest BCUT2D eigenvalue weighted by molar-refractivity contribution is -0.131. The number of hydrazone groups is 1. The Balaban J connectivity index is 1.99. The van der Waals surface area contributed by atoms with E-state index in [-0.39, 0.29) is 11.8 Å². The lowest BCUT2D eigenvalue weighted by atomic mass is 10.0. The molecule has 0 aromatic carbocycles. The molecule has 0 saturated heterocycles. The van der Waals surface area contributed by atoms with Gasteiger partial charge in [-0.05, 0) is 12.8 Å². The lowest BCUT2D eigenvalue weighted by Gasteiger charge is -2.29. The summed E-state index contributed by atoms with van der Waals surface area (Å²) in [6.07, 6.45) is 4.21. The van der Waals surface area contributed by atoms with E-state index in [1.54, 1.807) is 14.1 Å². The van der Waals surface area contributed by atoms with E-state index < -0.39 is 5.60 Å². The molecule has 0 aromatic heterocycles. The molecule has 1 saturated carbocycles. The van der Waals surface area contributed by atoms with Crippen molar-refractivity contribution in [2.75, 3.05) is 20.6 Å². The van der Waals surface area contributed by atoms with Gasteiger partial charge in [0.05, 0.1) is 5.60 Å². The number of hydrogen-bond donors (Lipinski definition) is 1. The average Bonchev–Trinajstić information content (AvgIpc) is 2.78. The van der Waals surface area contributed by atoms with Gasteiger partial charge in [-0.3, -0.25) is 9.59 Å². The highest BCUT2D eigenvalue weighted by atomic mass is 16.3. The first-order valence-corrected chi connectivity index (χ1v) is 6.73. The van der Waals surface area contributed by atoms with Crippen molar-refractivity contribution >= 4 is 17.5 Å². The van der Waals surface area contributed by atoms with E-state index in [1.807, 2.05) is 0 Å². The predicted molar refractivity (Wildman–Crippen MR) is 70.5 cm³/mol. The van der Waals surface area contributed by atoms with E-state index in [2.05, 4.69) is 5.10 Å². The molecule has 2 amide bonds. The third-order valence-electron chi connectivity index (χ3n) is 3.87. The van der Waals surface area contributed by atoms with Gasteiger partial charge in [0.2, 0.25) is 5.91 Å². The molecule has 1 fully saturated rings. The molecule has 0 radical (unpaired) electrons. The molecular formula is C13H21N3O3. The van der Waals surface area contributed by atoms with Crippen LogP contribution in [0.3, 0.4) is 0 Å². The standard InChI is InChI=1S/C13H21N3O3/c1-15(9-13(19)7-3-4-8-13)12(18)10-5-6-11(17)16(2)14-10/h19H,3-9H2,1-2H3. The normalized spacial score (nSPS) is 22.4. The molecule has 0 unspecified atom stereocenters. The van der Waals surface area contributed by atoms with Crippen molar-refractivity contribution < 1.29 is 14.7 Å². The molecule has 2 aliphatic rings. The van der Waals surface area contributed by atoms with Gasteiger partial charge in [0.25, 0.3) is 5.91 Å². The number of rotatable bonds is 3. The Morgan fingerprint density at radius 3 is 2.63 bits per heavy atom. The number of likely N-dealkylation sites (N-methyl/N-ethyl adjacent to an activating group) is 1. The number of carbonyl (C=O) groups is 2. The Morgan fingerprint density at radius 2 is 2.05 bits per heavy atom. The second-order valence-corrected chi connectivity index (χ2v) is 5.56. The number of nitrogens with zero attached hydrogens (tertiary/aromatic N) is 3. The van der Waals surface area contributed by atoms with Gasteiger partial charge in [-0.25, -0.2) is 5.01 Å². The third kappa shape index (κ3) is 3.12. The van der Waals surface area contributed by atoms with Crippen molar-refractivity contribution in [3.8, 4) is 0 Å². The Kier molecular flexibility index (Phi) is 3.89. The molecule has 19 heavy (non-hydrogen) atoms. The van der Waals surface area contributed by atoms with Crippen LogP contribution in [0.1, 0.15) is 38.5 Å². The molecule has 0 bridgehead atoms. The highest BCUT2D eigenvalue weighted by Gasteiger charge is 2.34. The summed E-state index contributed by atoms with van der Waals surface area (Å²) in [5.74, 6) is -0.270. The molecule has 106 valence electrons. The van der Waals surface area contributed by atoms with Crippen LogP contribution in [0.5, 0.6) is 0 Å². The van der Waals surface area contributed by atoms with E-state index in [4.69, 9.17) is 0 Å². The van der Waals surface area contributed by atoms with Gasteiger partial charge in [-0.2, -0.15) is 5.10 Å². The van der Waals surface area contributed by atoms with E-state index in [0.717, 1.165) is 25.7 Å². The average molecular weight is 267 g/mol. The summed E-state index contributed by atoms with van der Waals surface area (Å²) in [7, 11) is 3.23. The third-order valence-corrected chi connectivity index (χ3v) is 3.87. The molecular weight excluding hydrogens is 246 g/mol. The van der Waals surface area contributed by atoms with E-state index in [0.29, 0.717) is 25.1 Å². The zero-order valence-electron chi connectivity index (χ0n) is 11.6. The van der Waals surface area contributed by atoms with Crippen LogP contribution >= 0.6 is 0 Å². The first-order valence-electron chi connectivity index (χ1n) is 6.73. The highest BCUT2D eigenvalue weighted by molar-refractivity contribution is 6.39. The minimum absolute atomic E-state index is 0.0753. The summed E-state index contributed by atoms with van der Waals surface area (Å²) in [4.78, 5) is 25.1. The van der Waals surface area contributed by atoms with E-state index in [9.17, 15) is 14.7 Å². The van der Waals surface area contributed by atoms with Gasteiger partial charge in [-0.15, -0.1) is 0 Å². The van der Waals surface area contributed by atoms with Gasteiger partial charge in [-0.1, -0.05) is 12.8 Å². The topological polar surface area (TPSA) is 73.2 Å². The molecule has 1 N–H and O–H groups in total. The second-order valence-electron chi connectivity index (χ2n) is 5.56. The van der Waals surface area contributed by atoms with Crippen LogP contribution in [0.15, 0.2) is 5.10 Å². The minimum atomic E-state index is -0.749. The molecule has 1 aliphatic heterocycles. The van der Waals surface area contributed by atoms with Crippen LogP contribution in [-0.4, -0.2) is 58.8 Å². The summed E-state index contributed by atoms with van der Waals surface area (Å²) in [6, 6.07) is 0. The van der Waals surface area contributed by atoms with Crippen molar-refractivity contribution in [1.29, 1.82) is 0 Å². The van der Waals surface area contributed by atoms with Crippen LogP contribution in [0.25, 0.3) is 0 Å². The zero-order valence-corrected chi connectivity index (χ0v) is 11.6. The van der Waals surface area contributed by atoms with Gasteiger partial charge in [0.1, 0.15) is 5.71 Å². The SMILES string of the molecule is CN(CC1(O)CCCC1)C(=O)C1=NN(C)C(=O)CC1. The Labute approximate surface area is 113 Å². The Bertz CT molecular complexity index is 413. The molecule has 0 aromatic rings. The summed E-state index contributed by atoms with van der Waals surface area (Å²) in [5, 5.41) is 15.5. The molecule has 0 spiro atoms. The van der Waals surface area contributed by atoms with Gasteiger partial charge in [0, 0.05) is 33.5 Å². The fourth-order valence-electron chi connectivity index (χ4n) is 2.75. The summed E-state index contributed by atoms with van der Waals surface area (Å²) in [5.41, 5.74) is -0.354. The fraction of sp³-hybridized carbons (Fsp3) is 0.769. The molecule has 1 heterocycles. The lowest BCUT2D eigenvalue weighted by Crippen LogP contribution is -2.45. The molecule has 6 nitrogen and oxygen atoms in total. The maximum Gasteiger partial charge on any atom is 0.269 e. The maximum absolute atomic E-state index is 12.2. The van der Waals surface area contributed by atoms with Crippen molar-refractivity contribution in [1.82, 2.24) is 9.91 Å². The van der Waals surface area contributed by atoms with Crippen LogP contribution in [-0.2, 0) is 9.59 Å². The smallest absolute Gasteiger partial charge is 0.269 e. The number of aliphatic hydroxyl groups is 1. The summed E-state index contributed by atoms with van der Waals surface area (Å²) in [6.45, 7) is 0.336. The van der Waals surface area contributed by atoms with E-state index >= 15 is 0 Å². The van der Waals surface area contributed by atoms with Gasteiger partial charge >= 0.3 is 0 Å². The number of amides is 2. The Hall–Kier alpha value is -1.43. The van der Waals surface area contributed by atoms with Gasteiger partial charge < -0.3 is 10.0 Å². The summed E-state index contributed by atoms with van der Waals surface area (Å²) < 4.78 is 0. The zero-order chi connectivity index (χ0) is 14.0. The largest absolute Gasteiger partial charge is 0.388 e. The van der Waals surface area contributed by atoms with E-state index in [1.165, 1.54) is 9.91 Å². The second kappa shape index (κ2) is 5.28. The highest BCUT2D eigenvalue weighted by Crippen LogP contribution is 2.30. The first kappa shape index (κ1) is 14.0. The maximum atomic E-state index is 12.2. The first-order chi connectivity index (χ1) is 8.91.